The average Bonchev–Trinajstić information content (AvgIpc) is 3.21. The Bertz CT molecular complexity index is 1030. The maximum Gasteiger partial charge on any atom is 0.242 e. The van der Waals surface area contributed by atoms with Gasteiger partial charge in [-0.3, -0.25) is 4.79 Å². The van der Waals surface area contributed by atoms with Crippen molar-refractivity contribution in [1.29, 1.82) is 0 Å². The van der Waals surface area contributed by atoms with Crippen LogP contribution in [0.15, 0.2) is 52.3 Å². The Balaban J connectivity index is 1.67. The van der Waals surface area contributed by atoms with E-state index in [9.17, 15) is 17.6 Å². The Labute approximate surface area is 179 Å². The average molecular weight is 454 g/mol. The summed E-state index contributed by atoms with van der Waals surface area (Å²) in [6.07, 6.45) is 2.53. The molecule has 1 heterocycles. The number of hydrogen-bond acceptors (Lipinski definition) is 4. The van der Waals surface area contributed by atoms with Gasteiger partial charge in [-0.1, -0.05) is 24.4 Å². The molecular weight excluding hydrogens is 433 g/mol. The lowest BCUT2D eigenvalue weighted by Gasteiger charge is -2.32. The molecule has 2 aromatic carbocycles. The van der Waals surface area contributed by atoms with Gasteiger partial charge in [-0.25, -0.2) is 12.8 Å². The molecule has 0 bridgehead atoms. The molecule has 0 saturated heterocycles. The van der Waals surface area contributed by atoms with E-state index in [-0.39, 0.29) is 23.6 Å². The number of benzene rings is 2. The zero-order valence-corrected chi connectivity index (χ0v) is 18.0. The summed E-state index contributed by atoms with van der Waals surface area (Å²) in [7, 11) is -3.90. The molecule has 1 fully saturated rings. The second-order valence-electron chi connectivity index (χ2n) is 7.50. The van der Waals surface area contributed by atoms with Crippen LogP contribution in [0.5, 0.6) is 0 Å². The third-order valence-electron chi connectivity index (χ3n) is 5.78. The van der Waals surface area contributed by atoms with Crippen LogP contribution < -0.4 is 5.32 Å². The van der Waals surface area contributed by atoms with Crippen molar-refractivity contribution >= 4 is 39.1 Å². The minimum atomic E-state index is -3.90. The lowest BCUT2D eigenvalue weighted by Crippen LogP contribution is -2.51. The highest BCUT2D eigenvalue weighted by molar-refractivity contribution is 7.99. The number of carbonyl (C=O) groups is 1. The second kappa shape index (κ2) is 7.93. The summed E-state index contributed by atoms with van der Waals surface area (Å²) in [5, 5.41) is 3.39. The number of carbonyl (C=O) groups excluding carboxylic acids is 1. The summed E-state index contributed by atoms with van der Waals surface area (Å²) < 4.78 is 39.3. The number of halogens is 2. The Kier molecular flexibility index (Phi) is 5.66. The van der Waals surface area contributed by atoms with E-state index < -0.39 is 26.5 Å². The van der Waals surface area contributed by atoms with Crippen molar-refractivity contribution < 1.29 is 17.6 Å². The first-order valence-corrected chi connectivity index (χ1v) is 12.4. The van der Waals surface area contributed by atoms with Crippen LogP contribution in [-0.2, 0) is 14.6 Å². The summed E-state index contributed by atoms with van der Waals surface area (Å²) in [6.45, 7) is 0. The number of hydrogen-bond donors (Lipinski definition) is 1. The molecule has 8 heteroatoms. The molecule has 1 saturated carbocycles. The highest BCUT2D eigenvalue weighted by Gasteiger charge is 2.53. The third kappa shape index (κ3) is 3.68. The Hall–Kier alpha value is -1.57. The van der Waals surface area contributed by atoms with Crippen molar-refractivity contribution in [1.82, 2.24) is 5.32 Å². The molecule has 154 valence electrons. The van der Waals surface area contributed by atoms with Gasteiger partial charge in [0.25, 0.3) is 0 Å². The van der Waals surface area contributed by atoms with Crippen molar-refractivity contribution in [2.75, 3.05) is 5.75 Å². The lowest BCUT2D eigenvalue weighted by molar-refractivity contribution is -0.124. The van der Waals surface area contributed by atoms with Crippen LogP contribution >= 0.6 is 23.4 Å². The van der Waals surface area contributed by atoms with Crippen LogP contribution in [0.1, 0.15) is 43.7 Å². The van der Waals surface area contributed by atoms with Gasteiger partial charge in [0.05, 0.1) is 10.9 Å². The maximum atomic E-state index is 13.8. The third-order valence-corrected chi connectivity index (χ3v) is 9.67. The van der Waals surface area contributed by atoms with E-state index in [1.165, 1.54) is 36.4 Å². The number of amides is 1. The molecule has 0 spiro atoms. The monoisotopic (exact) mass is 453 g/mol. The predicted molar refractivity (Wildman–Crippen MR) is 112 cm³/mol. The fourth-order valence-corrected chi connectivity index (χ4v) is 7.51. The van der Waals surface area contributed by atoms with Crippen LogP contribution in [-0.4, -0.2) is 24.8 Å². The quantitative estimate of drug-likeness (QED) is 0.713. The van der Waals surface area contributed by atoms with Gasteiger partial charge in [0.1, 0.15) is 5.82 Å². The zero-order valence-electron chi connectivity index (χ0n) is 15.7. The minimum absolute atomic E-state index is 0.101. The van der Waals surface area contributed by atoms with E-state index in [4.69, 9.17) is 11.6 Å². The standard InChI is InChI=1S/C21H21ClFNO3S2/c22-14-3-6-16(7-4-14)29(26,27)21(10-1-2-11-21)20(25)24-18-9-12-28-19-8-5-15(23)13-17(18)19/h3-8,13,18H,1-2,9-12H2,(H,24,25). The van der Waals surface area contributed by atoms with Crippen molar-refractivity contribution in [3.05, 3.63) is 58.9 Å². The summed E-state index contributed by atoms with van der Waals surface area (Å²) in [4.78, 5) is 14.4. The number of nitrogens with one attached hydrogen (secondary N) is 1. The molecule has 1 aliphatic heterocycles. The van der Waals surface area contributed by atoms with E-state index in [1.54, 1.807) is 17.8 Å². The maximum absolute atomic E-state index is 13.8. The minimum Gasteiger partial charge on any atom is -0.348 e. The van der Waals surface area contributed by atoms with Crippen LogP contribution in [0.4, 0.5) is 4.39 Å². The van der Waals surface area contributed by atoms with Crippen molar-refractivity contribution in [2.45, 2.75) is 52.7 Å². The number of rotatable bonds is 4. The van der Waals surface area contributed by atoms with E-state index >= 15 is 0 Å². The van der Waals surface area contributed by atoms with E-state index in [1.807, 2.05) is 0 Å². The smallest absolute Gasteiger partial charge is 0.242 e. The molecule has 1 amide bonds. The molecule has 1 N–H and O–H groups in total. The summed E-state index contributed by atoms with van der Waals surface area (Å²) in [6, 6.07) is 10.1. The molecule has 1 aliphatic carbocycles. The second-order valence-corrected chi connectivity index (χ2v) is 11.3. The Morgan fingerprint density at radius 3 is 2.52 bits per heavy atom. The van der Waals surface area contributed by atoms with E-state index in [0.717, 1.165) is 10.6 Å². The van der Waals surface area contributed by atoms with Gasteiger partial charge in [0.2, 0.25) is 5.91 Å². The largest absolute Gasteiger partial charge is 0.348 e. The van der Waals surface area contributed by atoms with Gasteiger partial charge in [-0.05, 0) is 67.3 Å². The normalized spacial score (nSPS) is 20.8. The fourth-order valence-electron chi connectivity index (χ4n) is 4.21. The van der Waals surface area contributed by atoms with Gasteiger partial charge in [0, 0.05) is 15.7 Å². The van der Waals surface area contributed by atoms with Gasteiger partial charge in [-0.2, -0.15) is 0 Å². The molecule has 0 radical (unpaired) electrons. The highest BCUT2D eigenvalue weighted by atomic mass is 35.5. The molecule has 4 nitrogen and oxygen atoms in total. The molecule has 1 atom stereocenters. The fraction of sp³-hybridized carbons (Fsp3) is 0.381. The van der Waals surface area contributed by atoms with Gasteiger partial charge >= 0.3 is 0 Å². The van der Waals surface area contributed by atoms with Crippen LogP contribution in [0.3, 0.4) is 0 Å². The van der Waals surface area contributed by atoms with Gasteiger partial charge in [-0.15, -0.1) is 11.8 Å². The Morgan fingerprint density at radius 2 is 1.83 bits per heavy atom. The van der Waals surface area contributed by atoms with E-state index in [2.05, 4.69) is 5.32 Å². The zero-order chi connectivity index (χ0) is 20.6. The highest BCUT2D eigenvalue weighted by Crippen LogP contribution is 2.43. The predicted octanol–water partition coefficient (Wildman–Crippen LogP) is 4.92. The van der Waals surface area contributed by atoms with Crippen LogP contribution in [0.2, 0.25) is 5.02 Å². The molecule has 0 aromatic heterocycles. The SMILES string of the molecule is O=C(NC1CCSc2ccc(F)cc21)C1(S(=O)(=O)c2ccc(Cl)cc2)CCCC1. The number of fused-ring (bicyclic) bond motifs is 1. The molecule has 4 rings (SSSR count). The molecular formula is C21H21ClFNO3S2. The molecule has 2 aromatic rings. The van der Waals surface area contributed by atoms with Crippen LogP contribution in [0, 0.1) is 5.82 Å². The van der Waals surface area contributed by atoms with Gasteiger partial charge < -0.3 is 5.32 Å². The number of sulfone groups is 1. The van der Waals surface area contributed by atoms with Gasteiger partial charge in [0.15, 0.2) is 14.6 Å². The first-order chi connectivity index (χ1) is 13.8. The first-order valence-electron chi connectivity index (χ1n) is 9.57. The molecule has 2 aliphatic rings. The summed E-state index contributed by atoms with van der Waals surface area (Å²) in [5.41, 5.74) is 0.714. The molecule has 29 heavy (non-hydrogen) atoms. The van der Waals surface area contributed by atoms with E-state index in [0.29, 0.717) is 29.8 Å². The number of thioether (sulfide) groups is 1. The van der Waals surface area contributed by atoms with Crippen LogP contribution in [0.25, 0.3) is 0 Å². The summed E-state index contributed by atoms with van der Waals surface area (Å²) >= 11 is 7.52. The van der Waals surface area contributed by atoms with Crippen molar-refractivity contribution in [3.8, 4) is 0 Å². The Morgan fingerprint density at radius 1 is 1.14 bits per heavy atom. The summed E-state index contributed by atoms with van der Waals surface area (Å²) in [5.74, 6) is -0.0764. The molecule has 1 unspecified atom stereocenters. The van der Waals surface area contributed by atoms with Crippen molar-refractivity contribution in [3.63, 3.8) is 0 Å². The topological polar surface area (TPSA) is 63.2 Å². The first kappa shape index (κ1) is 20.7. The lowest BCUT2D eigenvalue weighted by atomic mass is 10.0. The van der Waals surface area contributed by atoms with Crippen molar-refractivity contribution in [2.24, 2.45) is 0 Å².